The quantitative estimate of drug-likeness (QED) is 0.781. The first-order valence-electron chi connectivity index (χ1n) is 10.9. The molecule has 4 atom stereocenters. The number of aryl methyl sites for hydroxylation is 2. The first-order valence-corrected chi connectivity index (χ1v) is 10.9. The van der Waals surface area contributed by atoms with Crippen LogP contribution in [-0.2, 0) is 4.74 Å². The number of oxazole rings is 1. The number of carbonyl (C=O) groups excluding carboxylic acids is 1. The molecule has 0 unspecified atom stereocenters. The zero-order valence-electron chi connectivity index (χ0n) is 17.6. The summed E-state index contributed by atoms with van der Waals surface area (Å²) in [6, 6.07) is -0.0163. The van der Waals surface area contributed by atoms with Gasteiger partial charge in [-0.3, -0.25) is 9.78 Å². The predicted molar refractivity (Wildman–Crippen MR) is 110 cm³/mol. The lowest BCUT2D eigenvalue weighted by Crippen LogP contribution is -2.50. The molecule has 0 spiro atoms. The molecule has 8 nitrogen and oxygen atoms in total. The largest absolute Gasteiger partial charge is 0.448 e. The second-order valence-electron chi connectivity index (χ2n) is 9.01. The Kier molecular flexibility index (Phi) is 5.18. The Morgan fingerprint density at radius 2 is 1.97 bits per heavy atom. The van der Waals surface area contributed by atoms with Gasteiger partial charge in [-0.2, -0.15) is 0 Å². The van der Waals surface area contributed by atoms with Crippen molar-refractivity contribution < 1.29 is 13.9 Å². The Morgan fingerprint density at radius 1 is 1.20 bits per heavy atom. The fraction of sp³-hybridized carbons (Fsp3) is 0.636. The second kappa shape index (κ2) is 7.98. The third-order valence-electron chi connectivity index (χ3n) is 6.68. The molecule has 2 saturated carbocycles. The minimum absolute atomic E-state index is 0.0163. The maximum absolute atomic E-state index is 12.7. The third kappa shape index (κ3) is 4.05. The van der Waals surface area contributed by atoms with Gasteiger partial charge in [-0.15, -0.1) is 0 Å². The SMILES string of the molecule is Cc1nc(C(=O)N[C@H]2C[C@H]3CN(c4nccnc4C)C[C@H]3C[C@@H]2OCC2CC2)co1. The van der Waals surface area contributed by atoms with Crippen molar-refractivity contribution in [2.75, 3.05) is 24.6 Å². The summed E-state index contributed by atoms with van der Waals surface area (Å²) in [5.74, 6) is 3.02. The zero-order chi connectivity index (χ0) is 20.7. The van der Waals surface area contributed by atoms with Crippen molar-refractivity contribution in [1.29, 1.82) is 0 Å². The van der Waals surface area contributed by atoms with Crippen LogP contribution >= 0.6 is 0 Å². The fourth-order valence-corrected chi connectivity index (χ4v) is 4.89. The van der Waals surface area contributed by atoms with Gasteiger partial charge in [0.1, 0.15) is 12.1 Å². The first-order chi connectivity index (χ1) is 14.6. The number of carbonyl (C=O) groups is 1. The number of nitrogens with zero attached hydrogens (tertiary/aromatic N) is 4. The molecule has 2 aromatic rings. The van der Waals surface area contributed by atoms with Gasteiger partial charge in [0.05, 0.1) is 17.8 Å². The molecule has 8 heteroatoms. The number of fused-ring (bicyclic) bond motifs is 1. The van der Waals surface area contributed by atoms with Crippen LogP contribution in [0, 0.1) is 31.6 Å². The lowest BCUT2D eigenvalue weighted by Gasteiger charge is -2.38. The highest BCUT2D eigenvalue weighted by atomic mass is 16.5. The molecule has 1 N–H and O–H groups in total. The normalized spacial score (nSPS) is 28.4. The number of nitrogens with one attached hydrogen (secondary N) is 1. The summed E-state index contributed by atoms with van der Waals surface area (Å²) < 4.78 is 11.5. The first kappa shape index (κ1) is 19.5. The standard InChI is InChI=1S/C22H29N5O3/c1-13-21(24-6-5-23-13)27-9-16-7-18(26-22(28)19-12-29-14(2)25-19)20(8-17(16)10-27)30-11-15-3-4-15/h5-6,12,15-18,20H,3-4,7-11H2,1-2H3,(H,26,28)/t16-,17+,18-,20-/m0/s1. The van der Waals surface area contributed by atoms with Crippen molar-refractivity contribution in [2.24, 2.45) is 17.8 Å². The molecule has 0 aromatic carbocycles. The van der Waals surface area contributed by atoms with E-state index >= 15 is 0 Å². The van der Waals surface area contributed by atoms with Gasteiger partial charge in [0.2, 0.25) is 0 Å². The van der Waals surface area contributed by atoms with Gasteiger partial charge in [-0.1, -0.05) is 0 Å². The van der Waals surface area contributed by atoms with Crippen LogP contribution in [0.5, 0.6) is 0 Å². The summed E-state index contributed by atoms with van der Waals surface area (Å²) in [5.41, 5.74) is 1.29. The predicted octanol–water partition coefficient (Wildman–Crippen LogP) is 2.52. The highest BCUT2D eigenvalue weighted by molar-refractivity contribution is 5.92. The molecule has 2 aliphatic carbocycles. The number of hydrogen-bond donors (Lipinski definition) is 1. The van der Waals surface area contributed by atoms with E-state index in [-0.39, 0.29) is 18.1 Å². The lowest BCUT2D eigenvalue weighted by atomic mass is 9.77. The average molecular weight is 412 g/mol. The minimum Gasteiger partial charge on any atom is -0.448 e. The summed E-state index contributed by atoms with van der Waals surface area (Å²) in [6.07, 6.45) is 9.32. The monoisotopic (exact) mass is 411 g/mol. The molecule has 1 saturated heterocycles. The number of hydrogen-bond acceptors (Lipinski definition) is 7. The second-order valence-corrected chi connectivity index (χ2v) is 9.01. The van der Waals surface area contributed by atoms with E-state index in [0.717, 1.165) is 44.0 Å². The molecule has 3 heterocycles. The average Bonchev–Trinajstić information content (AvgIpc) is 3.31. The lowest BCUT2D eigenvalue weighted by molar-refractivity contribution is -0.0212. The van der Waals surface area contributed by atoms with Crippen molar-refractivity contribution in [3.05, 3.63) is 35.9 Å². The molecule has 3 aliphatic rings. The molecule has 160 valence electrons. The molecule has 2 aromatic heterocycles. The molecular formula is C22H29N5O3. The highest BCUT2D eigenvalue weighted by Gasteiger charge is 2.44. The summed E-state index contributed by atoms with van der Waals surface area (Å²) in [4.78, 5) is 28.2. The summed E-state index contributed by atoms with van der Waals surface area (Å²) in [5, 5.41) is 3.19. The molecular weight excluding hydrogens is 382 g/mol. The van der Waals surface area contributed by atoms with E-state index in [4.69, 9.17) is 9.15 Å². The van der Waals surface area contributed by atoms with Crippen LogP contribution in [0.15, 0.2) is 23.1 Å². The van der Waals surface area contributed by atoms with Crippen LogP contribution in [-0.4, -0.2) is 52.7 Å². The van der Waals surface area contributed by atoms with Crippen molar-refractivity contribution in [3.63, 3.8) is 0 Å². The van der Waals surface area contributed by atoms with Gasteiger partial charge < -0.3 is 19.4 Å². The minimum atomic E-state index is -0.185. The maximum atomic E-state index is 12.7. The van der Waals surface area contributed by atoms with Crippen LogP contribution < -0.4 is 10.2 Å². The molecule has 5 rings (SSSR count). The van der Waals surface area contributed by atoms with Crippen LogP contribution in [0.2, 0.25) is 0 Å². The number of amides is 1. The van der Waals surface area contributed by atoms with E-state index in [0.29, 0.717) is 29.3 Å². The van der Waals surface area contributed by atoms with Gasteiger partial charge in [0, 0.05) is 39.0 Å². The summed E-state index contributed by atoms with van der Waals surface area (Å²) in [7, 11) is 0. The smallest absolute Gasteiger partial charge is 0.273 e. The van der Waals surface area contributed by atoms with Crippen LogP contribution in [0.4, 0.5) is 5.82 Å². The van der Waals surface area contributed by atoms with E-state index in [1.54, 1.807) is 19.3 Å². The van der Waals surface area contributed by atoms with Crippen LogP contribution in [0.1, 0.15) is 47.8 Å². The van der Waals surface area contributed by atoms with E-state index in [1.807, 2.05) is 6.92 Å². The van der Waals surface area contributed by atoms with E-state index in [9.17, 15) is 4.79 Å². The molecule has 3 fully saturated rings. The Labute approximate surface area is 176 Å². The van der Waals surface area contributed by atoms with Crippen molar-refractivity contribution >= 4 is 11.7 Å². The Bertz CT molecular complexity index is 912. The number of aromatic nitrogens is 3. The van der Waals surface area contributed by atoms with E-state index in [2.05, 4.69) is 25.2 Å². The number of anilines is 1. The van der Waals surface area contributed by atoms with Crippen molar-refractivity contribution in [1.82, 2.24) is 20.3 Å². The van der Waals surface area contributed by atoms with Crippen LogP contribution in [0.3, 0.4) is 0 Å². The molecule has 0 bridgehead atoms. The molecule has 30 heavy (non-hydrogen) atoms. The number of rotatable bonds is 6. The Morgan fingerprint density at radius 3 is 2.67 bits per heavy atom. The summed E-state index contributed by atoms with van der Waals surface area (Å²) in [6.45, 7) is 6.45. The van der Waals surface area contributed by atoms with E-state index < -0.39 is 0 Å². The topological polar surface area (TPSA) is 93.4 Å². The zero-order valence-corrected chi connectivity index (χ0v) is 17.6. The van der Waals surface area contributed by atoms with Gasteiger partial charge in [0.25, 0.3) is 5.91 Å². The summed E-state index contributed by atoms with van der Waals surface area (Å²) >= 11 is 0. The van der Waals surface area contributed by atoms with Gasteiger partial charge >= 0.3 is 0 Å². The third-order valence-corrected chi connectivity index (χ3v) is 6.68. The molecule has 1 amide bonds. The Hall–Kier alpha value is -2.48. The maximum Gasteiger partial charge on any atom is 0.273 e. The van der Waals surface area contributed by atoms with Gasteiger partial charge in [0.15, 0.2) is 11.6 Å². The fourth-order valence-electron chi connectivity index (χ4n) is 4.89. The number of ether oxygens (including phenoxy) is 1. The van der Waals surface area contributed by atoms with E-state index in [1.165, 1.54) is 19.1 Å². The molecule has 1 aliphatic heterocycles. The van der Waals surface area contributed by atoms with Gasteiger partial charge in [-0.25, -0.2) is 9.97 Å². The van der Waals surface area contributed by atoms with Crippen molar-refractivity contribution in [3.8, 4) is 0 Å². The van der Waals surface area contributed by atoms with Gasteiger partial charge in [-0.05, 0) is 50.4 Å². The Balaban J connectivity index is 1.30. The molecule has 0 radical (unpaired) electrons. The highest BCUT2D eigenvalue weighted by Crippen LogP contribution is 2.40. The van der Waals surface area contributed by atoms with Crippen molar-refractivity contribution in [2.45, 2.75) is 51.7 Å². The van der Waals surface area contributed by atoms with Crippen LogP contribution in [0.25, 0.3) is 0 Å².